The van der Waals surface area contributed by atoms with Gasteiger partial charge in [0, 0.05) is 42.7 Å². The molecule has 6 rings (SSSR count). The van der Waals surface area contributed by atoms with Gasteiger partial charge in [-0.15, -0.1) is 0 Å². The molecule has 1 aliphatic rings. The Kier molecular flexibility index (Phi) is 6.27. The van der Waals surface area contributed by atoms with Crippen molar-refractivity contribution in [3.05, 3.63) is 48.2 Å². The first-order chi connectivity index (χ1) is 19.2. The van der Waals surface area contributed by atoms with Gasteiger partial charge in [0.05, 0.1) is 19.1 Å². The maximum Gasteiger partial charge on any atom is 0.434 e. The molecule has 0 atom stereocenters. The molecule has 0 aliphatic heterocycles. The van der Waals surface area contributed by atoms with Gasteiger partial charge in [-0.2, -0.15) is 13.2 Å². The summed E-state index contributed by atoms with van der Waals surface area (Å²) in [6, 6.07) is -0.263. The van der Waals surface area contributed by atoms with Crippen LogP contribution in [-0.4, -0.2) is 56.5 Å². The number of rotatable bonds is 8. The summed E-state index contributed by atoms with van der Waals surface area (Å²) < 4.78 is 46.7. The van der Waals surface area contributed by atoms with E-state index in [9.17, 15) is 13.2 Å². The minimum Gasteiger partial charge on any atom is -0.480 e. The summed E-state index contributed by atoms with van der Waals surface area (Å²) in [5, 5.41) is 3.26. The van der Waals surface area contributed by atoms with Crippen LogP contribution in [0.1, 0.15) is 55.6 Å². The van der Waals surface area contributed by atoms with Crippen LogP contribution in [-0.2, 0) is 12.7 Å². The molecule has 1 saturated carbocycles. The number of aromatic nitrogens is 10. The summed E-state index contributed by atoms with van der Waals surface area (Å²) in [7, 11) is 1.54. The van der Waals surface area contributed by atoms with Crippen LogP contribution >= 0.6 is 0 Å². The number of nitrogens with one attached hydrogen (secondary N) is 2. The van der Waals surface area contributed by atoms with Crippen LogP contribution in [0.5, 0.6) is 5.88 Å². The molecule has 0 radical (unpaired) electrons. The maximum atomic E-state index is 13.3. The Bertz CT molecular complexity index is 1670. The first-order valence-electron chi connectivity index (χ1n) is 12.5. The van der Waals surface area contributed by atoms with E-state index in [4.69, 9.17) is 9.72 Å². The second-order valence-corrected chi connectivity index (χ2v) is 9.63. The molecule has 5 heterocycles. The number of fused-ring (bicyclic) bond motifs is 1. The van der Waals surface area contributed by atoms with Gasteiger partial charge in [0.25, 0.3) is 0 Å². The average molecular weight is 552 g/mol. The number of hydrogen-bond acceptors (Lipinski definition) is 10. The zero-order valence-electron chi connectivity index (χ0n) is 21.7. The van der Waals surface area contributed by atoms with Crippen LogP contribution in [0.4, 0.5) is 19.0 Å². The molecule has 0 spiro atoms. The van der Waals surface area contributed by atoms with Gasteiger partial charge in [0.2, 0.25) is 5.88 Å². The number of anilines is 1. The van der Waals surface area contributed by atoms with Crippen molar-refractivity contribution in [2.45, 2.75) is 51.4 Å². The third-order valence-electron chi connectivity index (χ3n) is 6.45. The van der Waals surface area contributed by atoms with Gasteiger partial charge in [-0.3, -0.25) is 0 Å². The van der Waals surface area contributed by atoms with Crippen molar-refractivity contribution >= 4 is 17.0 Å². The van der Waals surface area contributed by atoms with E-state index in [1.54, 1.807) is 13.8 Å². The summed E-state index contributed by atoms with van der Waals surface area (Å²) in [6.07, 6.45) is 4.52. The van der Waals surface area contributed by atoms with Gasteiger partial charge < -0.3 is 19.6 Å². The zero-order valence-corrected chi connectivity index (χ0v) is 21.7. The van der Waals surface area contributed by atoms with Crippen LogP contribution in [0.15, 0.2) is 31.2 Å². The van der Waals surface area contributed by atoms with E-state index >= 15 is 0 Å². The maximum absolute atomic E-state index is 13.3. The van der Waals surface area contributed by atoms with E-state index in [1.807, 2.05) is 0 Å². The number of aromatic amines is 1. The highest BCUT2D eigenvalue weighted by molar-refractivity contribution is 5.85. The van der Waals surface area contributed by atoms with E-state index in [0.717, 1.165) is 24.7 Å². The van der Waals surface area contributed by atoms with E-state index in [0.29, 0.717) is 45.7 Å². The minimum absolute atomic E-state index is 0.0481. The first-order valence-corrected chi connectivity index (χ1v) is 12.5. The number of methoxy groups -OCH3 is 1. The molecule has 15 heteroatoms. The Labute approximate surface area is 225 Å². The van der Waals surface area contributed by atoms with Gasteiger partial charge in [-0.25, -0.2) is 39.9 Å². The topological polar surface area (TPSA) is 145 Å². The van der Waals surface area contributed by atoms with Crippen LogP contribution in [0, 0.1) is 0 Å². The number of H-pyrrole nitrogens is 1. The number of nitrogens with zero attached hydrogens (tertiary/aromatic N) is 9. The lowest BCUT2D eigenvalue weighted by atomic mass is 10.1. The number of alkyl halides is 3. The smallest absolute Gasteiger partial charge is 0.434 e. The first kappa shape index (κ1) is 25.6. The quantitative estimate of drug-likeness (QED) is 0.281. The van der Waals surface area contributed by atoms with Crippen molar-refractivity contribution in [1.82, 2.24) is 49.4 Å². The van der Waals surface area contributed by atoms with Gasteiger partial charge in [0.15, 0.2) is 34.6 Å². The van der Waals surface area contributed by atoms with E-state index in [2.05, 4.69) is 45.2 Å². The van der Waals surface area contributed by atoms with Crippen molar-refractivity contribution in [3.63, 3.8) is 0 Å². The molecule has 5 aromatic heterocycles. The fourth-order valence-electron chi connectivity index (χ4n) is 4.32. The molecule has 1 aliphatic carbocycles. The molecule has 2 N–H and O–H groups in total. The lowest BCUT2D eigenvalue weighted by Crippen LogP contribution is -2.08. The van der Waals surface area contributed by atoms with Crippen LogP contribution < -0.4 is 10.1 Å². The highest BCUT2D eigenvalue weighted by Crippen LogP contribution is 2.45. The Hall–Kier alpha value is -4.69. The third kappa shape index (κ3) is 4.78. The summed E-state index contributed by atoms with van der Waals surface area (Å²) >= 11 is 0. The van der Waals surface area contributed by atoms with Gasteiger partial charge in [0.1, 0.15) is 17.4 Å². The fraction of sp³-hybridized carbons (Fsp3) is 0.360. The molecule has 40 heavy (non-hydrogen) atoms. The van der Waals surface area contributed by atoms with Crippen LogP contribution in [0.2, 0.25) is 0 Å². The highest BCUT2D eigenvalue weighted by Gasteiger charge is 2.36. The highest BCUT2D eigenvalue weighted by atomic mass is 19.4. The predicted molar refractivity (Wildman–Crippen MR) is 137 cm³/mol. The molecule has 0 saturated heterocycles. The van der Waals surface area contributed by atoms with Crippen molar-refractivity contribution < 1.29 is 17.9 Å². The Morgan fingerprint density at radius 1 is 1.05 bits per heavy atom. The Balaban J connectivity index is 1.29. The number of hydrogen-bond donors (Lipinski definition) is 2. The summed E-state index contributed by atoms with van der Waals surface area (Å²) in [5.74, 6) is 1.70. The Morgan fingerprint density at radius 3 is 2.50 bits per heavy atom. The van der Waals surface area contributed by atoms with E-state index in [-0.39, 0.29) is 24.2 Å². The van der Waals surface area contributed by atoms with Gasteiger partial charge >= 0.3 is 6.18 Å². The molecule has 0 unspecified atom stereocenters. The average Bonchev–Trinajstić information content (AvgIpc) is 3.48. The zero-order chi connectivity index (χ0) is 28.0. The van der Waals surface area contributed by atoms with Crippen molar-refractivity contribution in [2.24, 2.45) is 0 Å². The molecule has 5 aromatic rings. The monoisotopic (exact) mass is 551 g/mol. The molecule has 206 valence electrons. The largest absolute Gasteiger partial charge is 0.480 e. The number of ether oxygens (including phenoxy) is 1. The minimum atomic E-state index is -4.57. The van der Waals surface area contributed by atoms with Crippen molar-refractivity contribution in [1.29, 1.82) is 0 Å². The SMILES string of the molecule is COc1ncnc(C2CC2)c1-c1nc(NCc2cnc(-c3nc(C(F)(F)F)cn3C(C)C)nc2)c2[nH]cnc2n1. The van der Waals surface area contributed by atoms with E-state index < -0.39 is 11.9 Å². The van der Waals surface area contributed by atoms with Crippen LogP contribution in [0.25, 0.3) is 34.2 Å². The second-order valence-electron chi connectivity index (χ2n) is 9.63. The standard InChI is InChI=1S/C25H24F3N11O/c1-12(2)39-9-15(25(26,27)28)36-23(39)22-30-7-13(8-31-22)6-29-20-18-21(34-10-33-18)38-19(37-20)16-17(14-4-5-14)32-11-35-24(16)40-3/h7-12,14H,4-6H2,1-3H3,(H2,29,33,34,37,38). The second kappa shape index (κ2) is 9.81. The molecule has 0 aromatic carbocycles. The summed E-state index contributed by atoms with van der Waals surface area (Å²) in [5.41, 5.74) is 2.21. The molecule has 12 nitrogen and oxygen atoms in total. The molecular weight excluding hydrogens is 527 g/mol. The Morgan fingerprint density at radius 2 is 1.82 bits per heavy atom. The van der Waals surface area contributed by atoms with E-state index in [1.165, 1.54) is 36.7 Å². The third-order valence-corrected chi connectivity index (χ3v) is 6.45. The van der Waals surface area contributed by atoms with Gasteiger partial charge in [-0.1, -0.05) is 0 Å². The fourth-order valence-corrected chi connectivity index (χ4v) is 4.32. The normalized spacial score (nSPS) is 13.8. The van der Waals surface area contributed by atoms with Gasteiger partial charge in [-0.05, 0) is 26.7 Å². The lowest BCUT2D eigenvalue weighted by Gasteiger charge is -2.13. The predicted octanol–water partition coefficient (Wildman–Crippen LogP) is 4.56. The lowest BCUT2D eigenvalue weighted by molar-refractivity contribution is -0.140. The summed E-state index contributed by atoms with van der Waals surface area (Å²) in [4.78, 5) is 37.8. The number of imidazole rings is 2. The summed E-state index contributed by atoms with van der Waals surface area (Å²) in [6.45, 7) is 3.80. The van der Waals surface area contributed by atoms with Crippen molar-refractivity contribution in [2.75, 3.05) is 12.4 Å². The molecule has 0 amide bonds. The van der Waals surface area contributed by atoms with Crippen LogP contribution in [0.3, 0.4) is 0 Å². The molecule has 0 bridgehead atoms. The molecular formula is C25H24F3N11O. The molecule has 1 fully saturated rings. The number of halogens is 3. The van der Waals surface area contributed by atoms with Crippen molar-refractivity contribution in [3.8, 4) is 28.9 Å².